The van der Waals surface area contributed by atoms with Crippen molar-refractivity contribution in [1.82, 2.24) is 10.6 Å². The molecule has 0 atom stereocenters. The smallest absolute Gasteiger partial charge is 0.191 e. The molecular weight excluding hydrogens is 369 g/mol. The Kier molecular flexibility index (Phi) is 12.7. The normalized spacial score (nSPS) is 11.0. The van der Waals surface area contributed by atoms with Gasteiger partial charge in [-0.05, 0) is 25.5 Å². The van der Waals surface area contributed by atoms with Crippen LogP contribution in [-0.4, -0.2) is 32.3 Å². The molecule has 0 amide bonds. The van der Waals surface area contributed by atoms with Crippen molar-refractivity contribution < 1.29 is 9.15 Å². The van der Waals surface area contributed by atoms with Crippen LogP contribution in [0.5, 0.6) is 0 Å². The van der Waals surface area contributed by atoms with Crippen molar-refractivity contribution in [1.29, 1.82) is 0 Å². The standard InChI is InChI=1S/C14H25N3O2.HI/c1-3-5-9-18-11-8-16-14(15-4-2)17-12-13-7-6-10-19-13;/h6-7,10H,3-5,8-9,11-12H2,1-2H3,(H2,15,16,17);1H. The van der Waals surface area contributed by atoms with Gasteiger partial charge >= 0.3 is 0 Å². The molecule has 0 fully saturated rings. The Bertz CT molecular complexity index is 342. The molecule has 1 aromatic heterocycles. The van der Waals surface area contributed by atoms with Crippen LogP contribution in [0.2, 0.25) is 0 Å². The number of hydrogen-bond donors (Lipinski definition) is 2. The van der Waals surface area contributed by atoms with Crippen LogP contribution >= 0.6 is 24.0 Å². The molecule has 5 nitrogen and oxygen atoms in total. The second kappa shape index (κ2) is 13.2. The minimum Gasteiger partial charge on any atom is -0.467 e. The molecule has 0 unspecified atom stereocenters. The zero-order valence-corrected chi connectivity index (χ0v) is 14.7. The average Bonchev–Trinajstić information content (AvgIpc) is 2.93. The summed E-state index contributed by atoms with van der Waals surface area (Å²) in [4.78, 5) is 4.44. The first-order valence-electron chi connectivity index (χ1n) is 6.99. The predicted octanol–water partition coefficient (Wildman–Crippen LogP) is 2.77. The van der Waals surface area contributed by atoms with Crippen molar-refractivity contribution in [3.8, 4) is 0 Å². The molecule has 0 aliphatic rings. The van der Waals surface area contributed by atoms with Crippen LogP contribution in [0.15, 0.2) is 27.8 Å². The summed E-state index contributed by atoms with van der Waals surface area (Å²) in [6, 6.07) is 3.79. The van der Waals surface area contributed by atoms with Gasteiger partial charge in [-0.15, -0.1) is 24.0 Å². The van der Waals surface area contributed by atoms with E-state index in [2.05, 4.69) is 22.5 Å². The van der Waals surface area contributed by atoms with Gasteiger partial charge in [0.1, 0.15) is 12.3 Å². The monoisotopic (exact) mass is 395 g/mol. The molecule has 0 aliphatic carbocycles. The lowest BCUT2D eigenvalue weighted by Crippen LogP contribution is -2.39. The SMILES string of the molecule is CCCCOCCNC(=NCc1ccco1)NCC.I. The molecular formula is C14H26IN3O2. The molecule has 0 saturated carbocycles. The Balaban J connectivity index is 0.00000361. The molecule has 0 aromatic carbocycles. The van der Waals surface area contributed by atoms with Crippen molar-refractivity contribution >= 4 is 29.9 Å². The minimum atomic E-state index is 0. The summed E-state index contributed by atoms with van der Waals surface area (Å²) in [5.41, 5.74) is 0. The van der Waals surface area contributed by atoms with Gasteiger partial charge < -0.3 is 19.8 Å². The molecule has 0 aliphatic heterocycles. The van der Waals surface area contributed by atoms with Gasteiger partial charge in [0.2, 0.25) is 0 Å². The fraction of sp³-hybridized carbons (Fsp3) is 0.643. The highest BCUT2D eigenvalue weighted by Crippen LogP contribution is 2.00. The molecule has 20 heavy (non-hydrogen) atoms. The number of nitrogens with zero attached hydrogens (tertiary/aromatic N) is 1. The van der Waals surface area contributed by atoms with Gasteiger partial charge in [0, 0.05) is 19.7 Å². The van der Waals surface area contributed by atoms with E-state index < -0.39 is 0 Å². The average molecular weight is 395 g/mol. The summed E-state index contributed by atoms with van der Waals surface area (Å²) >= 11 is 0. The van der Waals surface area contributed by atoms with Gasteiger partial charge in [0.25, 0.3) is 0 Å². The Morgan fingerprint density at radius 2 is 2.15 bits per heavy atom. The number of guanidine groups is 1. The summed E-state index contributed by atoms with van der Waals surface area (Å²) in [5.74, 6) is 1.65. The Morgan fingerprint density at radius 1 is 1.30 bits per heavy atom. The molecule has 0 radical (unpaired) electrons. The third kappa shape index (κ3) is 9.19. The molecule has 0 bridgehead atoms. The Labute approximate surface area is 138 Å². The number of unbranched alkanes of at least 4 members (excludes halogenated alkanes) is 1. The van der Waals surface area contributed by atoms with E-state index in [1.165, 1.54) is 6.42 Å². The number of halogens is 1. The van der Waals surface area contributed by atoms with E-state index in [-0.39, 0.29) is 24.0 Å². The topological polar surface area (TPSA) is 58.8 Å². The third-order valence-corrected chi connectivity index (χ3v) is 2.50. The van der Waals surface area contributed by atoms with E-state index >= 15 is 0 Å². The largest absolute Gasteiger partial charge is 0.467 e. The number of hydrogen-bond acceptors (Lipinski definition) is 3. The molecule has 1 aromatic rings. The molecule has 0 saturated heterocycles. The molecule has 0 spiro atoms. The van der Waals surface area contributed by atoms with Crippen molar-refractivity contribution in [3.63, 3.8) is 0 Å². The highest BCUT2D eigenvalue weighted by atomic mass is 127. The summed E-state index contributed by atoms with van der Waals surface area (Å²) in [5, 5.41) is 6.42. The number of nitrogens with one attached hydrogen (secondary N) is 2. The summed E-state index contributed by atoms with van der Waals surface area (Å²) in [6.07, 6.45) is 3.94. The van der Waals surface area contributed by atoms with Crippen molar-refractivity contribution in [2.45, 2.75) is 33.2 Å². The minimum absolute atomic E-state index is 0. The van der Waals surface area contributed by atoms with E-state index in [0.717, 1.165) is 37.8 Å². The molecule has 1 heterocycles. The Morgan fingerprint density at radius 3 is 2.80 bits per heavy atom. The molecule has 2 N–H and O–H groups in total. The summed E-state index contributed by atoms with van der Waals surface area (Å²) < 4.78 is 10.7. The van der Waals surface area contributed by atoms with Gasteiger partial charge in [-0.1, -0.05) is 13.3 Å². The van der Waals surface area contributed by atoms with Crippen LogP contribution in [0.1, 0.15) is 32.4 Å². The van der Waals surface area contributed by atoms with Crippen LogP contribution in [0, 0.1) is 0 Å². The third-order valence-electron chi connectivity index (χ3n) is 2.50. The quantitative estimate of drug-likeness (QED) is 0.292. The molecule has 116 valence electrons. The van der Waals surface area contributed by atoms with E-state index in [4.69, 9.17) is 9.15 Å². The number of furan rings is 1. The lowest BCUT2D eigenvalue weighted by molar-refractivity contribution is 0.136. The van der Waals surface area contributed by atoms with E-state index in [9.17, 15) is 0 Å². The number of rotatable bonds is 9. The molecule has 1 rings (SSSR count). The number of aliphatic imine (C=N–C) groups is 1. The summed E-state index contributed by atoms with van der Waals surface area (Å²) in [7, 11) is 0. The second-order valence-corrected chi connectivity index (χ2v) is 4.17. The van der Waals surface area contributed by atoms with Crippen molar-refractivity contribution in [2.24, 2.45) is 4.99 Å². The first-order valence-corrected chi connectivity index (χ1v) is 6.99. The zero-order valence-electron chi connectivity index (χ0n) is 12.4. The first-order chi connectivity index (χ1) is 9.36. The van der Waals surface area contributed by atoms with Crippen LogP contribution in [-0.2, 0) is 11.3 Å². The van der Waals surface area contributed by atoms with Crippen LogP contribution < -0.4 is 10.6 Å². The lowest BCUT2D eigenvalue weighted by atomic mass is 10.4. The maximum atomic E-state index is 5.49. The fourth-order valence-electron chi connectivity index (χ4n) is 1.49. The van der Waals surface area contributed by atoms with Crippen LogP contribution in [0.4, 0.5) is 0 Å². The van der Waals surface area contributed by atoms with Gasteiger partial charge in [0.15, 0.2) is 5.96 Å². The second-order valence-electron chi connectivity index (χ2n) is 4.17. The molecule has 6 heteroatoms. The summed E-state index contributed by atoms with van der Waals surface area (Å²) in [6.45, 7) is 7.87. The number of ether oxygens (including phenoxy) is 1. The maximum Gasteiger partial charge on any atom is 0.191 e. The lowest BCUT2D eigenvalue weighted by Gasteiger charge is -2.11. The maximum absolute atomic E-state index is 5.49. The van der Waals surface area contributed by atoms with Crippen molar-refractivity contribution in [2.75, 3.05) is 26.3 Å². The van der Waals surface area contributed by atoms with Gasteiger partial charge in [-0.3, -0.25) is 0 Å². The highest BCUT2D eigenvalue weighted by Gasteiger charge is 1.98. The van der Waals surface area contributed by atoms with Gasteiger partial charge in [-0.25, -0.2) is 4.99 Å². The first kappa shape index (κ1) is 19.2. The predicted molar refractivity (Wildman–Crippen MR) is 92.7 cm³/mol. The Hall–Kier alpha value is -0.760. The highest BCUT2D eigenvalue weighted by molar-refractivity contribution is 14.0. The van der Waals surface area contributed by atoms with E-state index in [1.807, 2.05) is 19.1 Å². The van der Waals surface area contributed by atoms with Crippen molar-refractivity contribution in [3.05, 3.63) is 24.2 Å². The van der Waals surface area contributed by atoms with Crippen LogP contribution in [0.3, 0.4) is 0 Å². The zero-order chi connectivity index (χ0) is 13.8. The van der Waals surface area contributed by atoms with Gasteiger partial charge in [-0.2, -0.15) is 0 Å². The fourth-order valence-corrected chi connectivity index (χ4v) is 1.49. The van der Waals surface area contributed by atoms with Gasteiger partial charge in [0.05, 0.1) is 12.9 Å². The van der Waals surface area contributed by atoms with E-state index in [0.29, 0.717) is 13.2 Å². The van der Waals surface area contributed by atoms with E-state index in [1.54, 1.807) is 6.26 Å². The van der Waals surface area contributed by atoms with Crippen LogP contribution in [0.25, 0.3) is 0 Å².